The standard InChI is InChI=1S/C13H14ClF3N2OS/c1-12(2,3)10(20)19-11(21)18-9-5-4-7(6-8(9)14)13(15,16)17/h4-6H,1-3H3,(H2,18,19,20,21). The number of hydrogen-bond donors (Lipinski definition) is 2. The monoisotopic (exact) mass is 338 g/mol. The largest absolute Gasteiger partial charge is 0.416 e. The third-order valence-electron chi connectivity index (χ3n) is 2.45. The molecule has 0 unspecified atom stereocenters. The molecule has 0 aromatic heterocycles. The number of carbonyl (C=O) groups is 1. The van der Waals surface area contributed by atoms with E-state index in [0.29, 0.717) is 0 Å². The van der Waals surface area contributed by atoms with Crippen LogP contribution < -0.4 is 10.6 Å². The molecule has 0 fully saturated rings. The molecular weight excluding hydrogens is 325 g/mol. The molecule has 0 saturated carbocycles. The summed E-state index contributed by atoms with van der Waals surface area (Å²) in [7, 11) is 0. The van der Waals surface area contributed by atoms with Gasteiger partial charge in [0.05, 0.1) is 16.3 Å². The van der Waals surface area contributed by atoms with Gasteiger partial charge < -0.3 is 10.6 Å². The summed E-state index contributed by atoms with van der Waals surface area (Å²) in [5.41, 5.74) is -1.32. The molecule has 1 rings (SSSR count). The van der Waals surface area contributed by atoms with E-state index in [1.807, 2.05) is 0 Å². The van der Waals surface area contributed by atoms with Crippen molar-refractivity contribution in [2.75, 3.05) is 5.32 Å². The van der Waals surface area contributed by atoms with Crippen LogP contribution in [0.3, 0.4) is 0 Å². The first-order valence-electron chi connectivity index (χ1n) is 5.90. The summed E-state index contributed by atoms with van der Waals surface area (Å²) in [6.45, 7) is 5.11. The van der Waals surface area contributed by atoms with E-state index in [1.54, 1.807) is 20.8 Å². The maximum Gasteiger partial charge on any atom is 0.416 e. The van der Waals surface area contributed by atoms with Crippen LogP contribution in [0.15, 0.2) is 18.2 Å². The van der Waals surface area contributed by atoms with E-state index < -0.39 is 17.2 Å². The molecule has 1 amide bonds. The normalized spacial score (nSPS) is 12.0. The summed E-state index contributed by atoms with van der Waals surface area (Å²) >= 11 is 10.7. The fourth-order valence-electron chi connectivity index (χ4n) is 1.24. The van der Waals surface area contributed by atoms with Gasteiger partial charge in [0.2, 0.25) is 5.91 Å². The molecule has 0 atom stereocenters. The number of nitrogens with one attached hydrogen (secondary N) is 2. The van der Waals surface area contributed by atoms with Crippen LogP contribution in [0, 0.1) is 5.41 Å². The van der Waals surface area contributed by atoms with E-state index in [9.17, 15) is 18.0 Å². The molecule has 8 heteroatoms. The maximum absolute atomic E-state index is 12.5. The van der Waals surface area contributed by atoms with Crippen molar-refractivity contribution >= 4 is 40.5 Å². The number of thiocarbonyl (C=S) groups is 1. The van der Waals surface area contributed by atoms with Gasteiger partial charge in [0.25, 0.3) is 0 Å². The third kappa shape index (κ3) is 5.17. The predicted molar refractivity (Wildman–Crippen MR) is 80.3 cm³/mol. The second-order valence-corrected chi connectivity index (χ2v) is 6.17. The minimum Gasteiger partial charge on any atom is -0.331 e. The van der Waals surface area contributed by atoms with Gasteiger partial charge in [0.15, 0.2) is 5.11 Å². The van der Waals surface area contributed by atoms with Gasteiger partial charge in [-0.2, -0.15) is 13.2 Å². The second-order valence-electron chi connectivity index (χ2n) is 5.35. The van der Waals surface area contributed by atoms with E-state index in [0.717, 1.165) is 18.2 Å². The highest BCUT2D eigenvalue weighted by Crippen LogP contribution is 2.33. The van der Waals surface area contributed by atoms with Crippen LogP contribution in [0.5, 0.6) is 0 Å². The van der Waals surface area contributed by atoms with Crippen LogP contribution >= 0.6 is 23.8 Å². The summed E-state index contributed by atoms with van der Waals surface area (Å²) in [4.78, 5) is 11.7. The summed E-state index contributed by atoms with van der Waals surface area (Å²) < 4.78 is 37.5. The molecule has 0 saturated heterocycles. The van der Waals surface area contributed by atoms with Gasteiger partial charge in [0, 0.05) is 5.41 Å². The Morgan fingerprint density at radius 2 is 1.81 bits per heavy atom. The van der Waals surface area contributed by atoms with Crippen molar-refractivity contribution < 1.29 is 18.0 Å². The minimum atomic E-state index is -4.47. The van der Waals surface area contributed by atoms with Crippen molar-refractivity contribution in [3.05, 3.63) is 28.8 Å². The first kappa shape index (κ1) is 17.7. The molecule has 3 nitrogen and oxygen atoms in total. The molecule has 1 aromatic carbocycles. The molecule has 0 aliphatic carbocycles. The van der Waals surface area contributed by atoms with Gasteiger partial charge in [-0.05, 0) is 30.4 Å². The molecular formula is C13H14ClF3N2OS. The van der Waals surface area contributed by atoms with Gasteiger partial charge in [-0.1, -0.05) is 32.4 Å². The van der Waals surface area contributed by atoms with Crippen molar-refractivity contribution in [1.29, 1.82) is 0 Å². The molecule has 21 heavy (non-hydrogen) atoms. The van der Waals surface area contributed by atoms with Crippen LogP contribution in [0.25, 0.3) is 0 Å². The number of alkyl halides is 3. The average Bonchev–Trinajstić information content (AvgIpc) is 2.29. The van der Waals surface area contributed by atoms with E-state index in [4.69, 9.17) is 23.8 Å². The topological polar surface area (TPSA) is 41.1 Å². The summed E-state index contributed by atoms with van der Waals surface area (Å²) in [6, 6.07) is 2.82. The SMILES string of the molecule is CC(C)(C)C(=O)NC(=S)Nc1ccc(C(F)(F)F)cc1Cl. The molecule has 0 spiro atoms. The number of amides is 1. The van der Waals surface area contributed by atoms with Crippen LogP contribution in [0.4, 0.5) is 18.9 Å². The molecule has 0 aliphatic heterocycles. The molecule has 116 valence electrons. The van der Waals surface area contributed by atoms with Crippen LogP contribution in [0.1, 0.15) is 26.3 Å². The third-order valence-corrected chi connectivity index (χ3v) is 2.97. The van der Waals surface area contributed by atoms with E-state index in [1.165, 1.54) is 0 Å². The smallest absolute Gasteiger partial charge is 0.331 e. The number of rotatable bonds is 1. The first-order chi connectivity index (χ1) is 9.41. The average molecular weight is 339 g/mol. The number of carbonyl (C=O) groups excluding carboxylic acids is 1. The number of anilines is 1. The lowest BCUT2D eigenvalue weighted by atomic mass is 9.96. The Labute approximate surface area is 130 Å². The first-order valence-corrected chi connectivity index (χ1v) is 6.69. The van der Waals surface area contributed by atoms with Gasteiger partial charge in [-0.3, -0.25) is 4.79 Å². The highest BCUT2D eigenvalue weighted by molar-refractivity contribution is 7.80. The van der Waals surface area contributed by atoms with E-state index in [2.05, 4.69) is 10.6 Å². The fourth-order valence-corrected chi connectivity index (χ4v) is 1.67. The summed E-state index contributed by atoms with van der Waals surface area (Å²) in [5, 5.41) is 4.86. The van der Waals surface area contributed by atoms with Crippen LogP contribution in [-0.2, 0) is 11.0 Å². The molecule has 0 bridgehead atoms. The number of benzene rings is 1. The van der Waals surface area contributed by atoms with Crippen molar-refractivity contribution in [1.82, 2.24) is 5.32 Å². The molecule has 2 N–H and O–H groups in total. The van der Waals surface area contributed by atoms with Crippen LogP contribution in [-0.4, -0.2) is 11.0 Å². The number of hydrogen-bond acceptors (Lipinski definition) is 2. The highest BCUT2D eigenvalue weighted by atomic mass is 35.5. The molecule has 0 aliphatic rings. The minimum absolute atomic E-state index is 0.0309. The van der Waals surface area contributed by atoms with E-state index in [-0.39, 0.29) is 21.7 Å². The molecule has 1 aromatic rings. The van der Waals surface area contributed by atoms with Crippen molar-refractivity contribution in [3.63, 3.8) is 0 Å². The Balaban J connectivity index is 2.81. The molecule has 0 heterocycles. The number of halogens is 4. The highest BCUT2D eigenvalue weighted by Gasteiger charge is 2.31. The Kier molecular flexibility index (Phi) is 5.22. The maximum atomic E-state index is 12.5. The van der Waals surface area contributed by atoms with Gasteiger partial charge >= 0.3 is 6.18 Å². The van der Waals surface area contributed by atoms with Gasteiger partial charge in [0.1, 0.15) is 0 Å². The lowest BCUT2D eigenvalue weighted by molar-refractivity contribution is -0.137. The quantitative estimate of drug-likeness (QED) is 0.753. The Bertz CT molecular complexity index is 568. The molecule has 0 radical (unpaired) electrons. The Morgan fingerprint density at radius 1 is 1.24 bits per heavy atom. The van der Waals surface area contributed by atoms with Crippen LogP contribution in [0.2, 0.25) is 5.02 Å². The van der Waals surface area contributed by atoms with Gasteiger partial charge in [-0.25, -0.2) is 0 Å². The Hall–Kier alpha value is -1.34. The van der Waals surface area contributed by atoms with E-state index >= 15 is 0 Å². The lowest BCUT2D eigenvalue weighted by Gasteiger charge is -2.19. The fraction of sp³-hybridized carbons (Fsp3) is 0.385. The zero-order valence-corrected chi connectivity index (χ0v) is 13.1. The zero-order chi connectivity index (χ0) is 16.4. The van der Waals surface area contributed by atoms with Crippen molar-refractivity contribution in [2.24, 2.45) is 5.41 Å². The Morgan fingerprint density at radius 3 is 2.24 bits per heavy atom. The van der Waals surface area contributed by atoms with Crippen molar-refractivity contribution in [3.8, 4) is 0 Å². The second kappa shape index (κ2) is 6.19. The zero-order valence-electron chi connectivity index (χ0n) is 11.6. The van der Waals surface area contributed by atoms with Gasteiger partial charge in [-0.15, -0.1) is 0 Å². The summed E-state index contributed by atoms with van der Waals surface area (Å²) in [5.74, 6) is -0.317. The predicted octanol–water partition coefficient (Wildman–Crippen LogP) is 4.22. The lowest BCUT2D eigenvalue weighted by Crippen LogP contribution is -2.41. The van der Waals surface area contributed by atoms with Crippen molar-refractivity contribution in [2.45, 2.75) is 26.9 Å². The summed E-state index contributed by atoms with van der Waals surface area (Å²) in [6.07, 6.45) is -4.47.